The summed E-state index contributed by atoms with van der Waals surface area (Å²) in [6.07, 6.45) is 7.05. The van der Waals surface area contributed by atoms with Crippen molar-refractivity contribution in [3.63, 3.8) is 0 Å². The smallest absolute Gasteiger partial charge is 0.00970 e. The lowest BCUT2D eigenvalue weighted by atomic mass is 9.97. The van der Waals surface area contributed by atoms with E-state index in [1.165, 1.54) is 32.1 Å². The molecule has 0 amide bonds. The summed E-state index contributed by atoms with van der Waals surface area (Å²) in [6.45, 7) is 11.3. The average molecular weight is 226 g/mol. The van der Waals surface area contributed by atoms with E-state index in [2.05, 4.69) is 38.3 Å². The minimum Gasteiger partial charge on any atom is -0.312 e. The highest BCUT2D eigenvalue weighted by Crippen LogP contribution is 2.22. The number of nitrogens with one attached hydrogen (secondary N) is 2. The Morgan fingerprint density at radius 1 is 1.00 bits per heavy atom. The molecule has 0 aromatic heterocycles. The molecule has 0 aliphatic heterocycles. The van der Waals surface area contributed by atoms with Crippen LogP contribution in [0.2, 0.25) is 0 Å². The van der Waals surface area contributed by atoms with E-state index >= 15 is 0 Å². The molecule has 2 nitrogen and oxygen atoms in total. The molecule has 0 spiro atoms. The van der Waals surface area contributed by atoms with Crippen molar-refractivity contribution in [3.8, 4) is 0 Å². The van der Waals surface area contributed by atoms with Crippen LogP contribution in [0, 0.1) is 5.92 Å². The van der Waals surface area contributed by atoms with Gasteiger partial charge in [-0.3, -0.25) is 0 Å². The minimum absolute atomic E-state index is 0.247. The van der Waals surface area contributed by atoms with Crippen LogP contribution in [0.1, 0.15) is 59.8 Å². The molecule has 0 aromatic carbocycles. The van der Waals surface area contributed by atoms with Crippen molar-refractivity contribution in [2.75, 3.05) is 13.1 Å². The summed E-state index contributed by atoms with van der Waals surface area (Å²) in [6, 6.07) is 0.754. The fourth-order valence-corrected chi connectivity index (χ4v) is 2.49. The molecule has 2 atom stereocenters. The fraction of sp³-hybridized carbons (Fsp3) is 1.00. The molecule has 96 valence electrons. The van der Waals surface area contributed by atoms with Crippen molar-refractivity contribution < 1.29 is 0 Å². The third-order valence-electron chi connectivity index (χ3n) is 3.55. The Balaban J connectivity index is 2.15. The topological polar surface area (TPSA) is 24.1 Å². The Morgan fingerprint density at radius 2 is 1.69 bits per heavy atom. The van der Waals surface area contributed by atoms with E-state index in [1.54, 1.807) is 0 Å². The van der Waals surface area contributed by atoms with Crippen LogP contribution in [0.5, 0.6) is 0 Å². The predicted molar refractivity (Wildman–Crippen MR) is 71.8 cm³/mol. The van der Waals surface area contributed by atoms with Crippen molar-refractivity contribution in [1.29, 1.82) is 0 Å². The van der Waals surface area contributed by atoms with Crippen LogP contribution in [0.3, 0.4) is 0 Å². The van der Waals surface area contributed by atoms with Crippen molar-refractivity contribution in [2.24, 2.45) is 5.92 Å². The standard InChI is InChI=1S/C14H30N2/c1-12-8-6-5-7-9-13(12)15-10-11-16-14(2,3)4/h12-13,15-16H,5-11H2,1-4H3. The van der Waals surface area contributed by atoms with E-state index < -0.39 is 0 Å². The summed E-state index contributed by atoms with van der Waals surface area (Å²) < 4.78 is 0. The monoisotopic (exact) mass is 226 g/mol. The van der Waals surface area contributed by atoms with Gasteiger partial charge in [-0.1, -0.05) is 26.2 Å². The van der Waals surface area contributed by atoms with Gasteiger partial charge < -0.3 is 10.6 Å². The molecule has 2 unspecified atom stereocenters. The first-order valence-corrected chi connectivity index (χ1v) is 6.97. The SMILES string of the molecule is CC1CCCCCC1NCCNC(C)(C)C. The molecule has 0 saturated heterocycles. The molecule has 1 rings (SSSR count). The second-order valence-electron chi connectivity index (χ2n) is 6.35. The van der Waals surface area contributed by atoms with E-state index in [4.69, 9.17) is 0 Å². The summed E-state index contributed by atoms with van der Waals surface area (Å²) in [5.41, 5.74) is 0.247. The van der Waals surface area contributed by atoms with Crippen LogP contribution in [0.15, 0.2) is 0 Å². The number of hydrogen-bond donors (Lipinski definition) is 2. The van der Waals surface area contributed by atoms with E-state index in [0.29, 0.717) is 0 Å². The largest absolute Gasteiger partial charge is 0.312 e. The lowest BCUT2D eigenvalue weighted by Gasteiger charge is -2.25. The van der Waals surface area contributed by atoms with Gasteiger partial charge in [-0.15, -0.1) is 0 Å². The average Bonchev–Trinajstić information content (AvgIpc) is 2.37. The lowest BCUT2D eigenvalue weighted by molar-refractivity contribution is 0.344. The van der Waals surface area contributed by atoms with Crippen molar-refractivity contribution in [2.45, 2.75) is 71.4 Å². The predicted octanol–water partition coefficient (Wildman–Crippen LogP) is 2.93. The fourth-order valence-electron chi connectivity index (χ4n) is 2.49. The maximum atomic E-state index is 3.72. The molecule has 1 aliphatic rings. The van der Waals surface area contributed by atoms with Gasteiger partial charge in [0.05, 0.1) is 0 Å². The number of hydrogen-bond acceptors (Lipinski definition) is 2. The second kappa shape index (κ2) is 6.61. The molecule has 1 aliphatic carbocycles. The molecule has 2 N–H and O–H groups in total. The first-order chi connectivity index (χ1) is 7.49. The van der Waals surface area contributed by atoms with Crippen LogP contribution in [0.4, 0.5) is 0 Å². The molecule has 0 heterocycles. The van der Waals surface area contributed by atoms with Gasteiger partial charge in [-0.25, -0.2) is 0 Å². The Kier molecular flexibility index (Phi) is 5.77. The van der Waals surface area contributed by atoms with Gasteiger partial charge in [0.1, 0.15) is 0 Å². The summed E-state index contributed by atoms with van der Waals surface area (Å²) >= 11 is 0. The molecule has 1 saturated carbocycles. The van der Waals surface area contributed by atoms with E-state index in [0.717, 1.165) is 25.0 Å². The highest BCUT2D eigenvalue weighted by atomic mass is 15.0. The van der Waals surface area contributed by atoms with Gasteiger partial charge in [-0.2, -0.15) is 0 Å². The zero-order valence-electron chi connectivity index (χ0n) is 11.6. The zero-order chi connectivity index (χ0) is 12.0. The van der Waals surface area contributed by atoms with Gasteiger partial charge in [-0.05, 0) is 39.5 Å². The Hall–Kier alpha value is -0.0800. The Bertz CT molecular complexity index is 184. The summed E-state index contributed by atoms with van der Waals surface area (Å²) in [5.74, 6) is 0.858. The van der Waals surface area contributed by atoms with Crippen LogP contribution < -0.4 is 10.6 Å². The molecule has 16 heavy (non-hydrogen) atoms. The van der Waals surface area contributed by atoms with E-state index in [-0.39, 0.29) is 5.54 Å². The highest BCUT2D eigenvalue weighted by Gasteiger charge is 2.19. The molecule has 2 heteroatoms. The van der Waals surface area contributed by atoms with Crippen molar-refractivity contribution in [3.05, 3.63) is 0 Å². The molecular weight excluding hydrogens is 196 g/mol. The van der Waals surface area contributed by atoms with Gasteiger partial charge in [0.2, 0.25) is 0 Å². The molecule has 1 fully saturated rings. The first-order valence-electron chi connectivity index (χ1n) is 6.97. The summed E-state index contributed by atoms with van der Waals surface area (Å²) in [7, 11) is 0. The Labute approximate surface area is 102 Å². The van der Waals surface area contributed by atoms with Gasteiger partial charge >= 0.3 is 0 Å². The summed E-state index contributed by atoms with van der Waals surface area (Å²) in [4.78, 5) is 0. The maximum absolute atomic E-state index is 3.72. The molecule has 0 radical (unpaired) electrons. The maximum Gasteiger partial charge on any atom is 0.00970 e. The van der Waals surface area contributed by atoms with Gasteiger partial charge in [0.25, 0.3) is 0 Å². The first kappa shape index (κ1) is 14.0. The van der Waals surface area contributed by atoms with Crippen LogP contribution in [-0.2, 0) is 0 Å². The van der Waals surface area contributed by atoms with Gasteiger partial charge in [0.15, 0.2) is 0 Å². The van der Waals surface area contributed by atoms with Crippen LogP contribution in [0.25, 0.3) is 0 Å². The Morgan fingerprint density at radius 3 is 2.38 bits per heavy atom. The number of rotatable bonds is 4. The minimum atomic E-state index is 0.247. The van der Waals surface area contributed by atoms with Crippen LogP contribution >= 0.6 is 0 Å². The van der Waals surface area contributed by atoms with Crippen molar-refractivity contribution in [1.82, 2.24) is 10.6 Å². The quantitative estimate of drug-likeness (QED) is 0.569. The van der Waals surface area contributed by atoms with Crippen molar-refractivity contribution >= 4 is 0 Å². The third kappa shape index (κ3) is 5.86. The normalized spacial score (nSPS) is 27.8. The lowest BCUT2D eigenvalue weighted by Crippen LogP contribution is -2.43. The zero-order valence-corrected chi connectivity index (χ0v) is 11.6. The summed E-state index contributed by atoms with van der Waals surface area (Å²) in [5, 5.41) is 7.25. The van der Waals surface area contributed by atoms with Crippen LogP contribution in [-0.4, -0.2) is 24.7 Å². The molecule has 0 aromatic rings. The molecule has 0 bridgehead atoms. The highest BCUT2D eigenvalue weighted by molar-refractivity contribution is 4.78. The molecular formula is C14H30N2. The third-order valence-corrected chi connectivity index (χ3v) is 3.55. The van der Waals surface area contributed by atoms with Gasteiger partial charge in [0, 0.05) is 24.7 Å². The van der Waals surface area contributed by atoms with E-state index in [1.807, 2.05) is 0 Å². The van der Waals surface area contributed by atoms with E-state index in [9.17, 15) is 0 Å². The second-order valence-corrected chi connectivity index (χ2v) is 6.35.